The van der Waals surface area contributed by atoms with Crippen LogP contribution in [0.25, 0.3) is 0 Å². The lowest BCUT2D eigenvalue weighted by atomic mass is 10.0. The Balaban J connectivity index is 1.82. The maximum Gasteiger partial charge on any atom is 0.314 e. The number of hydrogen-bond acceptors (Lipinski definition) is 4. The lowest BCUT2D eigenvalue weighted by Gasteiger charge is -2.20. The van der Waals surface area contributed by atoms with Crippen molar-refractivity contribution in [3.63, 3.8) is 0 Å². The van der Waals surface area contributed by atoms with Gasteiger partial charge in [-0.05, 0) is 12.3 Å². The smallest absolute Gasteiger partial charge is 0.314 e. The Bertz CT molecular complexity index is 421. The van der Waals surface area contributed by atoms with Crippen LogP contribution in [-0.4, -0.2) is 54.8 Å². The summed E-state index contributed by atoms with van der Waals surface area (Å²) < 4.78 is 0. The van der Waals surface area contributed by atoms with Crippen molar-refractivity contribution >= 4 is 17.6 Å². The molecule has 7 nitrogen and oxygen atoms in total. The minimum absolute atomic E-state index is 0.0331. The van der Waals surface area contributed by atoms with Gasteiger partial charge in [0.1, 0.15) is 6.04 Å². The molecular formula is C13H23N5O2. The molecule has 3 amide bonds. The summed E-state index contributed by atoms with van der Waals surface area (Å²) in [4.78, 5) is 25.4. The summed E-state index contributed by atoms with van der Waals surface area (Å²) in [6.45, 7) is 5.41. The highest BCUT2D eigenvalue weighted by Gasteiger charge is 2.34. The molecule has 2 heterocycles. The molecule has 1 fully saturated rings. The van der Waals surface area contributed by atoms with Crippen LogP contribution in [0.5, 0.6) is 0 Å². The van der Waals surface area contributed by atoms with Crippen LogP contribution in [0.15, 0.2) is 5.10 Å². The van der Waals surface area contributed by atoms with Gasteiger partial charge < -0.3 is 15.5 Å². The van der Waals surface area contributed by atoms with Gasteiger partial charge in [0, 0.05) is 38.3 Å². The van der Waals surface area contributed by atoms with Crippen molar-refractivity contribution in [2.75, 3.05) is 20.1 Å². The van der Waals surface area contributed by atoms with E-state index >= 15 is 0 Å². The largest absolute Gasteiger partial charge is 0.341 e. The fraction of sp³-hybridized carbons (Fsp3) is 0.769. The summed E-state index contributed by atoms with van der Waals surface area (Å²) in [5, 5.41) is 9.59. The summed E-state index contributed by atoms with van der Waals surface area (Å²) in [7, 11) is 1.58. The molecule has 7 heteroatoms. The van der Waals surface area contributed by atoms with E-state index in [-0.39, 0.29) is 24.0 Å². The molecule has 0 radical (unpaired) electrons. The van der Waals surface area contributed by atoms with Gasteiger partial charge in [0.15, 0.2) is 0 Å². The van der Waals surface area contributed by atoms with Crippen molar-refractivity contribution in [3.8, 4) is 0 Å². The maximum atomic E-state index is 12.4. The van der Waals surface area contributed by atoms with Gasteiger partial charge in [0.05, 0.1) is 0 Å². The molecule has 0 saturated carbocycles. The fourth-order valence-electron chi connectivity index (χ4n) is 2.52. The molecule has 2 atom stereocenters. The molecule has 0 bridgehead atoms. The Morgan fingerprint density at radius 3 is 2.80 bits per heavy atom. The molecule has 2 rings (SSSR count). The number of nitrogens with zero attached hydrogens (tertiary/aromatic N) is 2. The average molecular weight is 281 g/mol. The SMILES string of the molecule is CNC(=O)NC1CCN(C(=O)C2CC(C(C)C)=NN2)C1. The topological polar surface area (TPSA) is 85.8 Å². The number of carbonyl (C=O) groups is 2. The van der Waals surface area contributed by atoms with Crippen LogP contribution in [0.3, 0.4) is 0 Å². The third-order valence-electron chi connectivity index (χ3n) is 3.80. The predicted octanol–water partition coefficient (Wildman–Crippen LogP) is -0.110. The summed E-state index contributed by atoms with van der Waals surface area (Å²) in [6.07, 6.45) is 1.48. The van der Waals surface area contributed by atoms with Crippen LogP contribution in [0.2, 0.25) is 0 Å². The first-order valence-electron chi connectivity index (χ1n) is 7.10. The molecule has 2 aliphatic heterocycles. The lowest BCUT2D eigenvalue weighted by Crippen LogP contribution is -2.45. The van der Waals surface area contributed by atoms with Crippen molar-refractivity contribution < 1.29 is 9.59 Å². The molecule has 2 aliphatic rings. The Morgan fingerprint density at radius 1 is 1.45 bits per heavy atom. The zero-order valence-electron chi connectivity index (χ0n) is 12.3. The Morgan fingerprint density at radius 2 is 2.20 bits per heavy atom. The number of hydrazone groups is 1. The van der Waals surface area contributed by atoms with Gasteiger partial charge in [0.2, 0.25) is 5.91 Å². The number of urea groups is 1. The van der Waals surface area contributed by atoms with Crippen LogP contribution in [0.1, 0.15) is 26.7 Å². The van der Waals surface area contributed by atoms with E-state index in [1.165, 1.54) is 0 Å². The van der Waals surface area contributed by atoms with Gasteiger partial charge in [-0.3, -0.25) is 10.2 Å². The standard InChI is InChI=1S/C13H23N5O2/c1-8(2)10-6-11(17-16-10)12(19)18-5-4-9(7-18)15-13(20)14-3/h8-9,11,17H,4-7H2,1-3H3,(H2,14,15,20). The van der Waals surface area contributed by atoms with E-state index in [0.29, 0.717) is 25.4 Å². The van der Waals surface area contributed by atoms with Gasteiger partial charge in [-0.15, -0.1) is 0 Å². The number of nitrogens with one attached hydrogen (secondary N) is 3. The number of amides is 3. The Labute approximate surface area is 119 Å². The van der Waals surface area contributed by atoms with Crippen molar-refractivity contribution in [3.05, 3.63) is 0 Å². The van der Waals surface area contributed by atoms with E-state index < -0.39 is 0 Å². The fourth-order valence-corrected chi connectivity index (χ4v) is 2.52. The van der Waals surface area contributed by atoms with Crippen LogP contribution in [0, 0.1) is 5.92 Å². The van der Waals surface area contributed by atoms with E-state index in [0.717, 1.165) is 12.1 Å². The first kappa shape index (κ1) is 14.6. The average Bonchev–Trinajstić information content (AvgIpc) is 3.06. The minimum atomic E-state index is -0.244. The number of likely N-dealkylation sites (tertiary alicyclic amines) is 1. The Hall–Kier alpha value is -1.79. The van der Waals surface area contributed by atoms with Crippen LogP contribution in [0.4, 0.5) is 4.79 Å². The van der Waals surface area contributed by atoms with Crippen molar-refractivity contribution in [2.24, 2.45) is 11.0 Å². The van der Waals surface area contributed by atoms with Gasteiger partial charge in [0.25, 0.3) is 0 Å². The first-order chi connectivity index (χ1) is 9.51. The molecule has 0 aliphatic carbocycles. The molecule has 0 aromatic rings. The van der Waals surface area contributed by atoms with E-state index in [9.17, 15) is 9.59 Å². The zero-order chi connectivity index (χ0) is 14.7. The summed E-state index contributed by atoms with van der Waals surface area (Å²) >= 11 is 0. The molecular weight excluding hydrogens is 258 g/mol. The molecule has 0 aromatic carbocycles. The third-order valence-corrected chi connectivity index (χ3v) is 3.80. The van der Waals surface area contributed by atoms with Crippen LogP contribution in [-0.2, 0) is 4.79 Å². The highest BCUT2D eigenvalue weighted by molar-refractivity contribution is 5.95. The van der Waals surface area contributed by atoms with Crippen molar-refractivity contribution in [2.45, 2.75) is 38.8 Å². The Kier molecular flexibility index (Phi) is 4.46. The monoisotopic (exact) mass is 281 g/mol. The molecule has 3 N–H and O–H groups in total. The normalized spacial score (nSPS) is 25.4. The van der Waals surface area contributed by atoms with E-state index in [1.807, 2.05) is 0 Å². The molecule has 20 heavy (non-hydrogen) atoms. The second-order valence-corrected chi connectivity index (χ2v) is 5.64. The summed E-state index contributed by atoms with van der Waals surface area (Å²) in [6, 6.07) is -0.411. The van der Waals surface area contributed by atoms with Gasteiger partial charge in [-0.1, -0.05) is 13.8 Å². The van der Waals surface area contributed by atoms with Crippen molar-refractivity contribution in [1.29, 1.82) is 0 Å². The predicted molar refractivity (Wildman–Crippen MR) is 76.4 cm³/mol. The van der Waals surface area contributed by atoms with Gasteiger partial charge in [-0.2, -0.15) is 5.10 Å². The zero-order valence-corrected chi connectivity index (χ0v) is 12.3. The quantitative estimate of drug-likeness (QED) is 0.675. The van der Waals surface area contributed by atoms with Crippen molar-refractivity contribution in [1.82, 2.24) is 21.0 Å². The number of hydrogen-bond donors (Lipinski definition) is 3. The maximum absolute atomic E-state index is 12.4. The lowest BCUT2D eigenvalue weighted by molar-refractivity contribution is -0.132. The van der Waals surface area contributed by atoms with E-state index in [4.69, 9.17) is 0 Å². The number of carbonyl (C=O) groups excluding carboxylic acids is 2. The van der Waals surface area contributed by atoms with Crippen LogP contribution >= 0.6 is 0 Å². The molecule has 2 unspecified atom stereocenters. The molecule has 0 spiro atoms. The molecule has 112 valence electrons. The van der Waals surface area contributed by atoms with Gasteiger partial charge in [-0.25, -0.2) is 4.79 Å². The minimum Gasteiger partial charge on any atom is -0.341 e. The molecule has 0 aromatic heterocycles. The van der Waals surface area contributed by atoms with E-state index in [1.54, 1.807) is 11.9 Å². The van der Waals surface area contributed by atoms with Crippen LogP contribution < -0.4 is 16.1 Å². The summed E-state index contributed by atoms with van der Waals surface area (Å²) in [5.74, 6) is 0.437. The van der Waals surface area contributed by atoms with E-state index in [2.05, 4.69) is 35.0 Å². The molecule has 1 saturated heterocycles. The second kappa shape index (κ2) is 6.11. The first-order valence-corrected chi connectivity index (χ1v) is 7.10. The highest BCUT2D eigenvalue weighted by atomic mass is 16.2. The second-order valence-electron chi connectivity index (χ2n) is 5.64. The summed E-state index contributed by atoms with van der Waals surface area (Å²) in [5.41, 5.74) is 3.97. The highest BCUT2D eigenvalue weighted by Crippen LogP contribution is 2.16. The van der Waals surface area contributed by atoms with Gasteiger partial charge >= 0.3 is 6.03 Å². The number of rotatable bonds is 3. The third kappa shape index (κ3) is 3.20.